The Kier molecular flexibility index (Phi) is 6.18. The number of carbonyl (C=O) groups is 2. The number of hydrogen-bond acceptors (Lipinski definition) is 5. The standard InChI is InChI=1S/C25H23N3O3S/c1-15(2)22(24(30)31)28-23(29)19-8-4-3-7-18(19)16-11-13-17(14-12-16)26-25-27-20-9-5-6-10-21(20)32-25/h3-15,22H,1-2H3,(H,26,27)(H,28,29)(H,30,31)/t22-/m1/s1. The SMILES string of the molecule is CC(C)[C@@H](NC(=O)c1ccccc1-c1ccc(Nc2nc3ccccc3s2)cc1)C(=O)O. The van der Waals surface area contributed by atoms with Crippen LogP contribution in [0, 0.1) is 5.92 Å². The monoisotopic (exact) mass is 445 g/mol. The summed E-state index contributed by atoms with van der Waals surface area (Å²) in [6.07, 6.45) is 0. The minimum Gasteiger partial charge on any atom is -0.480 e. The first kappa shape index (κ1) is 21.5. The average Bonchev–Trinajstić information content (AvgIpc) is 3.19. The van der Waals surface area contributed by atoms with Gasteiger partial charge in [0.25, 0.3) is 5.91 Å². The number of anilines is 2. The Morgan fingerprint density at radius 2 is 1.62 bits per heavy atom. The van der Waals surface area contributed by atoms with Gasteiger partial charge in [-0.2, -0.15) is 0 Å². The number of rotatable bonds is 7. The molecule has 32 heavy (non-hydrogen) atoms. The molecular weight excluding hydrogens is 422 g/mol. The van der Waals surface area contributed by atoms with Gasteiger partial charge in [0.2, 0.25) is 0 Å². The molecule has 3 aromatic carbocycles. The first-order valence-corrected chi connectivity index (χ1v) is 11.1. The lowest BCUT2D eigenvalue weighted by molar-refractivity contribution is -0.140. The van der Waals surface area contributed by atoms with Crippen LogP contribution in [0.2, 0.25) is 0 Å². The summed E-state index contributed by atoms with van der Waals surface area (Å²) in [6.45, 7) is 3.53. The molecular formula is C25H23N3O3S. The second kappa shape index (κ2) is 9.20. The van der Waals surface area contributed by atoms with Crippen molar-refractivity contribution in [2.24, 2.45) is 5.92 Å². The van der Waals surface area contributed by atoms with Crippen molar-refractivity contribution in [1.29, 1.82) is 0 Å². The molecule has 6 nitrogen and oxygen atoms in total. The number of hydrogen-bond donors (Lipinski definition) is 3. The fraction of sp³-hybridized carbons (Fsp3) is 0.160. The van der Waals surface area contributed by atoms with E-state index in [9.17, 15) is 14.7 Å². The molecule has 0 saturated heterocycles. The minimum absolute atomic E-state index is 0.225. The lowest BCUT2D eigenvalue weighted by atomic mass is 9.98. The van der Waals surface area contributed by atoms with Crippen molar-refractivity contribution in [2.75, 3.05) is 5.32 Å². The van der Waals surface area contributed by atoms with Crippen molar-refractivity contribution >= 4 is 44.2 Å². The van der Waals surface area contributed by atoms with Gasteiger partial charge in [-0.25, -0.2) is 9.78 Å². The second-order valence-electron chi connectivity index (χ2n) is 7.77. The van der Waals surface area contributed by atoms with E-state index in [2.05, 4.69) is 15.6 Å². The van der Waals surface area contributed by atoms with Gasteiger partial charge >= 0.3 is 5.97 Å². The van der Waals surface area contributed by atoms with Crippen LogP contribution in [0.5, 0.6) is 0 Å². The van der Waals surface area contributed by atoms with E-state index in [0.29, 0.717) is 5.56 Å². The third-order valence-electron chi connectivity index (χ3n) is 5.13. The van der Waals surface area contributed by atoms with Crippen molar-refractivity contribution < 1.29 is 14.7 Å². The topological polar surface area (TPSA) is 91.3 Å². The zero-order valence-corrected chi connectivity index (χ0v) is 18.5. The van der Waals surface area contributed by atoms with Crippen molar-refractivity contribution in [3.8, 4) is 11.1 Å². The summed E-state index contributed by atoms with van der Waals surface area (Å²) in [5.41, 5.74) is 3.89. The largest absolute Gasteiger partial charge is 0.480 e. The number of thiazole rings is 1. The molecule has 1 amide bonds. The lowest BCUT2D eigenvalue weighted by Gasteiger charge is -2.19. The van der Waals surface area contributed by atoms with Gasteiger partial charge in [0.15, 0.2) is 5.13 Å². The van der Waals surface area contributed by atoms with E-state index in [1.807, 2.05) is 60.7 Å². The number of amides is 1. The maximum atomic E-state index is 12.9. The molecule has 0 aliphatic heterocycles. The van der Waals surface area contributed by atoms with Crippen molar-refractivity contribution in [2.45, 2.75) is 19.9 Å². The quantitative estimate of drug-likeness (QED) is 0.347. The fourth-order valence-corrected chi connectivity index (χ4v) is 4.33. The summed E-state index contributed by atoms with van der Waals surface area (Å²) in [4.78, 5) is 28.9. The number of aliphatic carboxylic acids is 1. The third kappa shape index (κ3) is 4.63. The van der Waals surface area contributed by atoms with E-state index < -0.39 is 17.9 Å². The van der Waals surface area contributed by atoms with Gasteiger partial charge in [-0.15, -0.1) is 0 Å². The predicted octanol–water partition coefficient (Wildman–Crippen LogP) is 5.55. The molecule has 0 aliphatic carbocycles. The highest BCUT2D eigenvalue weighted by Crippen LogP contribution is 2.30. The Morgan fingerprint density at radius 1 is 0.938 bits per heavy atom. The molecule has 1 aromatic heterocycles. The molecule has 0 bridgehead atoms. The first-order valence-electron chi connectivity index (χ1n) is 10.3. The Morgan fingerprint density at radius 3 is 2.31 bits per heavy atom. The maximum Gasteiger partial charge on any atom is 0.326 e. The predicted molar refractivity (Wildman–Crippen MR) is 129 cm³/mol. The van der Waals surface area contributed by atoms with Gasteiger partial charge < -0.3 is 15.7 Å². The molecule has 1 atom stereocenters. The highest BCUT2D eigenvalue weighted by Gasteiger charge is 2.25. The van der Waals surface area contributed by atoms with Crippen molar-refractivity contribution in [3.63, 3.8) is 0 Å². The van der Waals surface area contributed by atoms with E-state index in [4.69, 9.17) is 0 Å². The van der Waals surface area contributed by atoms with Gasteiger partial charge in [-0.05, 0) is 47.4 Å². The fourth-order valence-electron chi connectivity index (χ4n) is 3.45. The number of benzene rings is 3. The summed E-state index contributed by atoms with van der Waals surface area (Å²) in [5, 5.41) is 16.2. The summed E-state index contributed by atoms with van der Waals surface area (Å²) < 4.78 is 1.12. The molecule has 1 heterocycles. The Bertz CT molecular complexity index is 1230. The van der Waals surface area contributed by atoms with E-state index >= 15 is 0 Å². The van der Waals surface area contributed by atoms with E-state index in [1.165, 1.54) is 0 Å². The number of carboxylic acid groups (broad SMARTS) is 1. The molecule has 4 rings (SSSR count). The normalized spacial score (nSPS) is 12.0. The van der Waals surface area contributed by atoms with Gasteiger partial charge in [0.05, 0.1) is 10.2 Å². The Labute approximate surface area is 189 Å². The molecule has 3 N–H and O–H groups in total. The molecule has 0 radical (unpaired) electrons. The zero-order chi connectivity index (χ0) is 22.7. The minimum atomic E-state index is -1.05. The van der Waals surface area contributed by atoms with Crippen LogP contribution in [-0.4, -0.2) is 28.0 Å². The average molecular weight is 446 g/mol. The van der Waals surface area contributed by atoms with Gasteiger partial charge in [-0.1, -0.05) is 67.6 Å². The molecule has 0 aliphatic rings. The highest BCUT2D eigenvalue weighted by molar-refractivity contribution is 7.22. The summed E-state index contributed by atoms with van der Waals surface area (Å²) in [7, 11) is 0. The van der Waals surface area contributed by atoms with Crippen LogP contribution < -0.4 is 10.6 Å². The number of carboxylic acids is 1. The number of fused-ring (bicyclic) bond motifs is 1. The summed E-state index contributed by atoms with van der Waals surface area (Å²) >= 11 is 1.59. The van der Waals surface area contributed by atoms with E-state index in [1.54, 1.807) is 37.3 Å². The van der Waals surface area contributed by atoms with E-state index in [-0.39, 0.29) is 5.92 Å². The third-order valence-corrected chi connectivity index (χ3v) is 6.08. The molecule has 0 spiro atoms. The van der Waals surface area contributed by atoms with Crippen LogP contribution in [0.1, 0.15) is 24.2 Å². The number of nitrogens with one attached hydrogen (secondary N) is 2. The Balaban J connectivity index is 1.55. The maximum absolute atomic E-state index is 12.9. The van der Waals surface area contributed by atoms with Gasteiger partial charge in [-0.3, -0.25) is 4.79 Å². The molecule has 0 fully saturated rings. The molecule has 0 saturated carbocycles. The summed E-state index contributed by atoms with van der Waals surface area (Å²) in [6, 6.07) is 22.0. The number of nitrogens with zero attached hydrogens (tertiary/aromatic N) is 1. The highest BCUT2D eigenvalue weighted by atomic mass is 32.1. The molecule has 162 valence electrons. The van der Waals surface area contributed by atoms with Gasteiger partial charge in [0.1, 0.15) is 6.04 Å². The van der Waals surface area contributed by atoms with Crippen LogP contribution in [0.25, 0.3) is 21.3 Å². The van der Waals surface area contributed by atoms with Crippen LogP contribution in [-0.2, 0) is 4.79 Å². The number of aromatic nitrogens is 1. The smallest absolute Gasteiger partial charge is 0.326 e. The lowest BCUT2D eigenvalue weighted by Crippen LogP contribution is -2.44. The van der Waals surface area contributed by atoms with Crippen molar-refractivity contribution in [3.05, 3.63) is 78.4 Å². The number of para-hydroxylation sites is 1. The van der Waals surface area contributed by atoms with Crippen molar-refractivity contribution in [1.82, 2.24) is 10.3 Å². The first-order chi connectivity index (χ1) is 15.4. The summed E-state index contributed by atoms with van der Waals surface area (Å²) in [5.74, 6) is -1.68. The molecule has 0 unspecified atom stereocenters. The van der Waals surface area contributed by atoms with Crippen LogP contribution in [0.15, 0.2) is 72.8 Å². The van der Waals surface area contributed by atoms with E-state index in [0.717, 1.165) is 32.2 Å². The molecule has 7 heteroatoms. The van der Waals surface area contributed by atoms with Crippen LogP contribution >= 0.6 is 11.3 Å². The zero-order valence-electron chi connectivity index (χ0n) is 17.7. The molecule has 4 aromatic rings. The van der Waals surface area contributed by atoms with Crippen LogP contribution in [0.3, 0.4) is 0 Å². The van der Waals surface area contributed by atoms with Gasteiger partial charge in [0, 0.05) is 11.3 Å². The Hall–Kier alpha value is -3.71. The number of carbonyl (C=O) groups excluding carboxylic acids is 1. The van der Waals surface area contributed by atoms with Crippen LogP contribution in [0.4, 0.5) is 10.8 Å². The second-order valence-corrected chi connectivity index (χ2v) is 8.80.